The maximum atomic E-state index is 11.3. The first kappa shape index (κ1) is 16.8. The van der Waals surface area contributed by atoms with E-state index >= 15 is 0 Å². The second-order valence-corrected chi connectivity index (χ2v) is 6.30. The lowest BCUT2D eigenvalue weighted by Crippen LogP contribution is -2.39. The number of carbonyl (C=O) groups excluding carboxylic acids is 1. The van der Waals surface area contributed by atoms with Gasteiger partial charge in [0, 0.05) is 0 Å². The van der Waals surface area contributed by atoms with Gasteiger partial charge < -0.3 is 15.2 Å². The van der Waals surface area contributed by atoms with Crippen LogP contribution in [-0.2, 0) is 23.4 Å². The van der Waals surface area contributed by atoms with E-state index in [1.54, 1.807) is 0 Å². The van der Waals surface area contributed by atoms with E-state index in [1.807, 2.05) is 48.5 Å². The van der Waals surface area contributed by atoms with Crippen LogP contribution < -0.4 is 10.1 Å². The van der Waals surface area contributed by atoms with Crippen LogP contribution in [0.5, 0.6) is 5.75 Å². The molecule has 4 nitrogen and oxygen atoms in total. The Morgan fingerprint density at radius 2 is 2.04 bits per heavy atom. The monoisotopic (exact) mass is 345 g/mol. The summed E-state index contributed by atoms with van der Waals surface area (Å²) in [4.78, 5) is 11.3. The lowest BCUT2D eigenvalue weighted by Gasteiger charge is -2.24. The first-order chi connectivity index (χ1) is 11.6. The van der Waals surface area contributed by atoms with Gasteiger partial charge in [-0.15, -0.1) is 11.6 Å². The number of benzene rings is 2. The van der Waals surface area contributed by atoms with Crippen molar-refractivity contribution in [1.29, 1.82) is 0 Å². The Morgan fingerprint density at radius 3 is 2.79 bits per heavy atom. The zero-order valence-corrected chi connectivity index (χ0v) is 14.1. The summed E-state index contributed by atoms with van der Waals surface area (Å²) in [6.07, 6.45) is 1.33. The summed E-state index contributed by atoms with van der Waals surface area (Å²) in [5, 5.41) is 13.5. The largest absolute Gasteiger partial charge is 0.489 e. The Bertz CT molecular complexity index is 720. The molecule has 0 radical (unpaired) electrons. The third kappa shape index (κ3) is 3.71. The SMILES string of the molecule is O=C(CCl)NCC1(O)CCc2cc(OCc3ccccc3)ccc21. The van der Waals surface area contributed by atoms with Gasteiger partial charge in [0.15, 0.2) is 0 Å². The van der Waals surface area contributed by atoms with Gasteiger partial charge in [-0.25, -0.2) is 0 Å². The fourth-order valence-electron chi connectivity index (χ4n) is 3.01. The molecule has 24 heavy (non-hydrogen) atoms. The number of aliphatic hydroxyl groups is 1. The van der Waals surface area contributed by atoms with Gasteiger partial charge in [-0.2, -0.15) is 0 Å². The number of hydrogen-bond donors (Lipinski definition) is 2. The molecule has 0 bridgehead atoms. The van der Waals surface area contributed by atoms with Crippen LogP contribution in [-0.4, -0.2) is 23.4 Å². The molecule has 0 heterocycles. The molecule has 3 rings (SSSR count). The summed E-state index contributed by atoms with van der Waals surface area (Å²) in [6, 6.07) is 15.7. The van der Waals surface area contributed by atoms with E-state index in [4.69, 9.17) is 16.3 Å². The van der Waals surface area contributed by atoms with Crippen LogP contribution >= 0.6 is 11.6 Å². The number of nitrogens with one attached hydrogen (secondary N) is 1. The summed E-state index contributed by atoms with van der Waals surface area (Å²) in [7, 11) is 0. The minimum Gasteiger partial charge on any atom is -0.489 e. The Hall–Kier alpha value is -2.04. The molecule has 1 unspecified atom stereocenters. The smallest absolute Gasteiger partial charge is 0.235 e. The molecule has 2 aromatic carbocycles. The third-order valence-electron chi connectivity index (χ3n) is 4.33. The summed E-state index contributed by atoms with van der Waals surface area (Å²) >= 11 is 5.48. The van der Waals surface area contributed by atoms with Crippen molar-refractivity contribution in [3.8, 4) is 5.75 Å². The molecule has 0 saturated heterocycles. The highest BCUT2D eigenvalue weighted by Gasteiger charge is 2.37. The second kappa shape index (κ2) is 7.24. The lowest BCUT2D eigenvalue weighted by molar-refractivity contribution is -0.120. The van der Waals surface area contributed by atoms with Crippen LogP contribution in [0.15, 0.2) is 48.5 Å². The van der Waals surface area contributed by atoms with Gasteiger partial charge >= 0.3 is 0 Å². The minimum absolute atomic E-state index is 0.102. The molecule has 5 heteroatoms. The molecule has 1 aliphatic carbocycles. The van der Waals surface area contributed by atoms with E-state index < -0.39 is 5.60 Å². The number of halogens is 1. The van der Waals surface area contributed by atoms with Gasteiger partial charge in [0.05, 0.1) is 6.54 Å². The summed E-state index contributed by atoms with van der Waals surface area (Å²) in [6.45, 7) is 0.686. The molecule has 1 atom stereocenters. The maximum Gasteiger partial charge on any atom is 0.235 e. The van der Waals surface area contributed by atoms with E-state index in [0.717, 1.165) is 28.9 Å². The van der Waals surface area contributed by atoms with Gasteiger partial charge in [-0.1, -0.05) is 36.4 Å². The molecule has 1 amide bonds. The molecule has 0 aromatic heterocycles. The Labute approximate surface area is 146 Å². The van der Waals surface area contributed by atoms with Crippen molar-refractivity contribution in [2.45, 2.75) is 25.0 Å². The third-order valence-corrected chi connectivity index (χ3v) is 4.58. The number of hydrogen-bond acceptors (Lipinski definition) is 3. The van der Waals surface area contributed by atoms with E-state index in [1.165, 1.54) is 0 Å². The molecule has 0 saturated carbocycles. The highest BCUT2D eigenvalue weighted by molar-refractivity contribution is 6.27. The van der Waals surface area contributed by atoms with Crippen molar-refractivity contribution in [2.75, 3.05) is 12.4 Å². The van der Waals surface area contributed by atoms with Gasteiger partial charge in [-0.05, 0) is 41.7 Å². The lowest BCUT2D eigenvalue weighted by atomic mass is 9.96. The Morgan fingerprint density at radius 1 is 1.25 bits per heavy atom. The van der Waals surface area contributed by atoms with E-state index in [9.17, 15) is 9.90 Å². The van der Waals surface area contributed by atoms with Crippen LogP contribution in [0.25, 0.3) is 0 Å². The zero-order chi connectivity index (χ0) is 17.0. The van der Waals surface area contributed by atoms with Crippen LogP contribution in [0.1, 0.15) is 23.1 Å². The molecular weight excluding hydrogens is 326 g/mol. The average molecular weight is 346 g/mol. The van der Waals surface area contributed by atoms with Crippen molar-refractivity contribution in [3.05, 3.63) is 65.2 Å². The number of rotatable bonds is 6. The average Bonchev–Trinajstić information content (AvgIpc) is 2.96. The normalized spacial score (nSPS) is 18.9. The summed E-state index contributed by atoms with van der Waals surface area (Å²) < 4.78 is 5.83. The molecule has 0 spiro atoms. The first-order valence-electron chi connectivity index (χ1n) is 7.96. The van der Waals surface area contributed by atoms with Crippen molar-refractivity contribution in [2.24, 2.45) is 0 Å². The topological polar surface area (TPSA) is 58.6 Å². The quantitative estimate of drug-likeness (QED) is 0.791. The zero-order valence-electron chi connectivity index (χ0n) is 13.3. The Kier molecular flexibility index (Phi) is 5.07. The van der Waals surface area contributed by atoms with Crippen molar-refractivity contribution >= 4 is 17.5 Å². The highest BCUT2D eigenvalue weighted by Crippen LogP contribution is 2.38. The molecular formula is C19H20ClNO3. The highest BCUT2D eigenvalue weighted by atomic mass is 35.5. The van der Waals surface area contributed by atoms with Crippen LogP contribution in [0.2, 0.25) is 0 Å². The van der Waals surface area contributed by atoms with Crippen molar-refractivity contribution in [3.63, 3.8) is 0 Å². The van der Waals surface area contributed by atoms with Gasteiger partial charge in [0.2, 0.25) is 5.91 Å². The summed E-state index contributed by atoms with van der Waals surface area (Å²) in [5.41, 5.74) is 1.99. The van der Waals surface area contributed by atoms with Gasteiger partial charge in [0.1, 0.15) is 23.8 Å². The molecule has 0 fully saturated rings. The number of alkyl halides is 1. The number of ether oxygens (including phenoxy) is 1. The molecule has 1 aliphatic rings. The molecule has 126 valence electrons. The number of amides is 1. The fraction of sp³-hybridized carbons (Fsp3) is 0.316. The van der Waals surface area contributed by atoms with Crippen LogP contribution in [0.4, 0.5) is 0 Å². The van der Waals surface area contributed by atoms with Crippen LogP contribution in [0, 0.1) is 0 Å². The van der Waals surface area contributed by atoms with Crippen molar-refractivity contribution < 1.29 is 14.6 Å². The van der Waals surface area contributed by atoms with Crippen molar-refractivity contribution in [1.82, 2.24) is 5.32 Å². The van der Waals surface area contributed by atoms with Gasteiger partial charge in [-0.3, -0.25) is 4.79 Å². The summed E-state index contributed by atoms with van der Waals surface area (Å²) in [5.74, 6) is 0.405. The first-order valence-corrected chi connectivity index (χ1v) is 8.49. The standard InChI is InChI=1S/C19H20ClNO3/c20-11-18(22)21-13-19(23)9-8-15-10-16(6-7-17(15)19)24-12-14-4-2-1-3-5-14/h1-7,10,23H,8-9,11-13H2,(H,21,22). The molecule has 2 aromatic rings. The minimum atomic E-state index is -1.03. The number of fused-ring (bicyclic) bond motifs is 1. The number of aryl methyl sites for hydroxylation is 1. The van der Waals surface area contributed by atoms with E-state index in [0.29, 0.717) is 13.0 Å². The van der Waals surface area contributed by atoms with E-state index in [2.05, 4.69) is 5.32 Å². The van der Waals surface area contributed by atoms with Gasteiger partial charge in [0.25, 0.3) is 0 Å². The predicted molar refractivity (Wildman–Crippen MR) is 93.2 cm³/mol. The second-order valence-electron chi connectivity index (χ2n) is 6.04. The predicted octanol–water partition coefficient (Wildman–Crippen LogP) is 2.75. The fourth-order valence-corrected chi connectivity index (χ4v) is 3.11. The van der Waals surface area contributed by atoms with Crippen LogP contribution in [0.3, 0.4) is 0 Å². The number of carbonyl (C=O) groups is 1. The Balaban J connectivity index is 1.67. The maximum absolute atomic E-state index is 11.3. The van der Waals surface area contributed by atoms with E-state index in [-0.39, 0.29) is 18.3 Å². The molecule has 2 N–H and O–H groups in total. The molecule has 0 aliphatic heterocycles.